The minimum absolute atomic E-state index is 0.0994. The van der Waals surface area contributed by atoms with Gasteiger partial charge in [-0.3, -0.25) is 4.79 Å². The average molecular weight is 427 g/mol. The van der Waals surface area contributed by atoms with Crippen LogP contribution in [0.2, 0.25) is 0 Å². The van der Waals surface area contributed by atoms with Gasteiger partial charge >= 0.3 is 0 Å². The van der Waals surface area contributed by atoms with Crippen LogP contribution < -0.4 is 24.3 Å². The lowest BCUT2D eigenvalue weighted by atomic mass is 10.1. The second-order valence-electron chi connectivity index (χ2n) is 6.56. The highest BCUT2D eigenvalue weighted by molar-refractivity contribution is 5.90. The van der Waals surface area contributed by atoms with E-state index < -0.39 is 0 Å². The topological polar surface area (TPSA) is 105 Å². The summed E-state index contributed by atoms with van der Waals surface area (Å²) in [5.41, 5.74) is 1.35. The SMILES string of the molecule is COc1cccc(NC(=O)CCCc2nc(-c3cc(OC)c(OC)c(OC)c3)no2)c1. The first-order chi connectivity index (χ1) is 15.1. The minimum atomic E-state index is -0.0994. The van der Waals surface area contributed by atoms with Crippen molar-refractivity contribution >= 4 is 11.6 Å². The Kier molecular flexibility index (Phi) is 7.31. The van der Waals surface area contributed by atoms with Crippen molar-refractivity contribution in [2.75, 3.05) is 33.8 Å². The van der Waals surface area contributed by atoms with Crippen LogP contribution in [0, 0.1) is 0 Å². The highest BCUT2D eigenvalue weighted by Gasteiger charge is 2.17. The summed E-state index contributed by atoms with van der Waals surface area (Å²) in [5, 5.41) is 6.87. The predicted molar refractivity (Wildman–Crippen MR) is 114 cm³/mol. The van der Waals surface area contributed by atoms with Crippen molar-refractivity contribution in [1.29, 1.82) is 0 Å². The summed E-state index contributed by atoms with van der Waals surface area (Å²) in [7, 11) is 6.20. The molecule has 0 bridgehead atoms. The summed E-state index contributed by atoms with van der Waals surface area (Å²) in [4.78, 5) is 16.6. The van der Waals surface area contributed by atoms with E-state index in [1.54, 1.807) is 39.5 Å². The van der Waals surface area contributed by atoms with Crippen LogP contribution in [0.3, 0.4) is 0 Å². The zero-order valence-corrected chi connectivity index (χ0v) is 17.9. The van der Waals surface area contributed by atoms with Gasteiger partial charge in [0.2, 0.25) is 23.4 Å². The van der Waals surface area contributed by atoms with Gasteiger partial charge in [0.05, 0.1) is 28.4 Å². The third-order valence-corrected chi connectivity index (χ3v) is 4.54. The molecule has 1 aromatic heterocycles. The van der Waals surface area contributed by atoms with Crippen LogP contribution in [-0.4, -0.2) is 44.5 Å². The quantitative estimate of drug-likeness (QED) is 0.522. The van der Waals surface area contributed by atoms with Crippen LogP contribution in [0.15, 0.2) is 40.9 Å². The van der Waals surface area contributed by atoms with Crippen LogP contribution >= 0.6 is 0 Å². The van der Waals surface area contributed by atoms with Crippen molar-refractivity contribution in [2.24, 2.45) is 0 Å². The van der Waals surface area contributed by atoms with Crippen molar-refractivity contribution in [3.63, 3.8) is 0 Å². The summed E-state index contributed by atoms with van der Waals surface area (Å²) in [5.74, 6) is 2.91. The fourth-order valence-electron chi connectivity index (χ4n) is 3.01. The van der Waals surface area contributed by atoms with Gasteiger partial charge in [-0.05, 0) is 30.7 Å². The van der Waals surface area contributed by atoms with E-state index in [4.69, 9.17) is 23.5 Å². The number of ether oxygens (including phenoxy) is 4. The van der Waals surface area contributed by atoms with Gasteiger partial charge in [-0.15, -0.1) is 0 Å². The van der Waals surface area contributed by atoms with Gasteiger partial charge in [0.1, 0.15) is 5.75 Å². The van der Waals surface area contributed by atoms with Gasteiger partial charge in [0.25, 0.3) is 0 Å². The number of amides is 1. The Morgan fingerprint density at radius 2 is 1.74 bits per heavy atom. The monoisotopic (exact) mass is 427 g/mol. The van der Waals surface area contributed by atoms with Gasteiger partial charge in [-0.2, -0.15) is 4.98 Å². The zero-order chi connectivity index (χ0) is 22.2. The van der Waals surface area contributed by atoms with Gasteiger partial charge in [-0.1, -0.05) is 11.2 Å². The molecule has 0 saturated carbocycles. The van der Waals surface area contributed by atoms with Crippen molar-refractivity contribution in [3.8, 4) is 34.4 Å². The Bertz CT molecular complexity index is 1010. The maximum absolute atomic E-state index is 12.2. The van der Waals surface area contributed by atoms with E-state index in [-0.39, 0.29) is 5.91 Å². The molecular formula is C22H25N3O6. The lowest BCUT2D eigenvalue weighted by Crippen LogP contribution is -2.11. The predicted octanol–water partition coefficient (Wildman–Crippen LogP) is 3.73. The maximum Gasteiger partial charge on any atom is 0.226 e. The molecule has 1 N–H and O–H groups in total. The Morgan fingerprint density at radius 3 is 2.39 bits per heavy atom. The van der Waals surface area contributed by atoms with Gasteiger partial charge in [0.15, 0.2) is 11.5 Å². The molecule has 164 valence electrons. The number of rotatable bonds is 10. The van der Waals surface area contributed by atoms with Crippen molar-refractivity contribution in [3.05, 3.63) is 42.3 Å². The van der Waals surface area contributed by atoms with Gasteiger partial charge < -0.3 is 28.8 Å². The summed E-state index contributed by atoms with van der Waals surface area (Å²) < 4.78 is 26.5. The van der Waals surface area contributed by atoms with Crippen LogP contribution in [0.5, 0.6) is 23.0 Å². The van der Waals surface area contributed by atoms with Crippen LogP contribution in [0.1, 0.15) is 18.7 Å². The number of carbonyl (C=O) groups excluding carboxylic acids is 1. The number of anilines is 1. The molecule has 3 aromatic rings. The normalized spacial score (nSPS) is 10.5. The Morgan fingerprint density at radius 1 is 1.00 bits per heavy atom. The molecule has 9 nitrogen and oxygen atoms in total. The number of nitrogens with one attached hydrogen (secondary N) is 1. The number of hydrogen-bond donors (Lipinski definition) is 1. The Labute approximate surface area is 180 Å². The molecule has 0 spiro atoms. The fourth-order valence-corrected chi connectivity index (χ4v) is 3.01. The largest absolute Gasteiger partial charge is 0.497 e. The number of aromatic nitrogens is 2. The van der Waals surface area contributed by atoms with E-state index >= 15 is 0 Å². The molecule has 0 aliphatic rings. The molecule has 0 fully saturated rings. The number of carbonyl (C=O) groups is 1. The average Bonchev–Trinajstić information content (AvgIpc) is 3.27. The molecular weight excluding hydrogens is 402 g/mol. The fraction of sp³-hybridized carbons (Fsp3) is 0.318. The molecule has 0 saturated heterocycles. The molecule has 0 aliphatic carbocycles. The standard InChI is InChI=1S/C22H25N3O6/c1-27-16-8-5-7-15(13-16)23-19(26)9-6-10-20-24-22(25-31-20)14-11-17(28-2)21(30-4)18(12-14)29-3/h5,7-8,11-13H,6,9-10H2,1-4H3,(H,23,26). The lowest BCUT2D eigenvalue weighted by Gasteiger charge is -2.12. The molecule has 0 unspecified atom stereocenters. The number of aryl methyl sites for hydroxylation is 1. The summed E-state index contributed by atoms with van der Waals surface area (Å²) in [6, 6.07) is 10.7. The third kappa shape index (κ3) is 5.44. The van der Waals surface area contributed by atoms with Crippen molar-refractivity contribution in [1.82, 2.24) is 10.1 Å². The molecule has 0 radical (unpaired) electrons. The zero-order valence-electron chi connectivity index (χ0n) is 17.9. The lowest BCUT2D eigenvalue weighted by molar-refractivity contribution is -0.116. The number of benzene rings is 2. The Hall–Kier alpha value is -3.75. The molecule has 1 amide bonds. The molecule has 31 heavy (non-hydrogen) atoms. The van der Waals surface area contributed by atoms with E-state index in [1.165, 1.54) is 7.11 Å². The van der Waals surface area contributed by atoms with Crippen molar-refractivity contribution in [2.45, 2.75) is 19.3 Å². The number of methoxy groups -OCH3 is 4. The molecule has 1 heterocycles. The van der Waals surface area contributed by atoms with Gasteiger partial charge in [-0.25, -0.2) is 0 Å². The second kappa shape index (κ2) is 10.3. The first-order valence-corrected chi connectivity index (χ1v) is 9.64. The minimum Gasteiger partial charge on any atom is -0.497 e. The molecule has 0 aliphatic heterocycles. The van der Waals surface area contributed by atoms with Crippen LogP contribution in [-0.2, 0) is 11.2 Å². The van der Waals surface area contributed by atoms with Crippen molar-refractivity contribution < 1.29 is 28.3 Å². The van der Waals surface area contributed by atoms with Crippen LogP contribution in [0.25, 0.3) is 11.4 Å². The molecule has 9 heteroatoms. The van der Waals surface area contributed by atoms with E-state index in [9.17, 15) is 4.79 Å². The molecule has 3 rings (SSSR count). The maximum atomic E-state index is 12.2. The van der Waals surface area contributed by atoms with Gasteiger partial charge in [0, 0.05) is 30.2 Å². The van der Waals surface area contributed by atoms with E-state index in [0.717, 1.165) is 0 Å². The third-order valence-electron chi connectivity index (χ3n) is 4.54. The Balaban J connectivity index is 1.59. The van der Waals surface area contributed by atoms with E-state index in [2.05, 4.69) is 15.5 Å². The molecule has 0 atom stereocenters. The first kappa shape index (κ1) is 21.9. The highest BCUT2D eigenvalue weighted by Crippen LogP contribution is 2.40. The molecule has 2 aromatic carbocycles. The first-order valence-electron chi connectivity index (χ1n) is 9.64. The number of hydrogen-bond acceptors (Lipinski definition) is 8. The smallest absolute Gasteiger partial charge is 0.226 e. The second-order valence-corrected chi connectivity index (χ2v) is 6.56. The number of nitrogens with zero attached hydrogens (tertiary/aromatic N) is 2. The van der Waals surface area contributed by atoms with Crippen LogP contribution in [0.4, 0.5) is 5.69 Å². The summed E-state index contributed by atoms with van der Waals surface area (Å²) in [6.07, 6.45) is 1.36. The van der Waals surface area contributed by atoms with E-state index in [1.807, 2.05) is 18.2 Å². The summed E-state index contributed by atoms with van der Waals surface area (Å²) >= 11 is 0. The highest BCUT2D eigenvalue weighted by atomic mass is 16.5. The van der Waals surface area contributed by atoms with E-state index in [0.29, 0.717) is 65.2 Å². The summed E-state index contributed by atoms with van der Waals surface area (Å²) in [6.45, 7) is 0.